The summed E-state index contributed by atoms with van der Waals surface area (Å²) in [4.78, 5) is 21.1. The van der Waals surface area contributed by atoms with Crippen LogP contribution in [-0.4, -0.2) is 70.4 Å². The number of nitrogens with one attached hydrogen (secondary N) is 3. The van der Waals surface area contributed by atoms with Gasteiger partial charge in [-0.25, -0.2) is 4.98 Å². The predicted molar refractivity (Wildman–Crippen MR) is 98.3 cm³/mol. The summed E-state index contributed by atoms with van der Waals surface area (Å²) in [5.74, 6) is -0.325. The Morgan fingerprint density at radius 3 is 2.76 bits per heavy atom. The van der Waals surface area contributed by atoms with Crippen molar-refractivity contribution >= 4 is 16.9 Å². The average molecular weight is 408 g/mol. The van der Waals surface area contributed by atoms with E-state index in [4.69, 9.17) is 4.74 Å². The highest BCUT2D eigenvalue weighted by Gasteiger charge is 2.32. The molecule has 0 spiro atoms. The lowest BCUT2D eigenvalue weighted by Gasteiger charge is -2.26. The Morgan fingerprint density at radius 2 is 2.00 bits per heavy atom. The topological polar surface area (TPSA) is 98.9 Å². The van der Waals surface area contributed by atoms with E-state index in [1.165, 1.54) is 12.1 Å². The molecule has 3 aromatic heterocycles. The van der Waals surface area contributed by atoms with Gasteiger partial charge in [-0.2, -0.15) is 18.3 Å². The van der Waals surface area contributed by atoms with Gasteiger partial charge in [0.1, 0.15) is 5.69 Å². The van der Waals surface area contributed by atoms with Gasteiger partial charge in [0.05, 0.1) is 35.6 Å². The highest BCUT2D eigenvalue weighted by molar-refractivity contribution is 5.93. The van der Waals surface area contributed by atoms with Crippen LogP contribution in [-0.2, 0) is 10.9 Å². The predicted octanol–water partition coefficient (Wildman–Crippen LogP) is 2.03. The highest BCUT2D eigenvalue weighted by atomic mass is 19.4. The van der Waals surface area contributed by atoms with Crippen molar-refractivity contribution in [2.45, 2.75) is 6.18 Å². The minimum absolute atomic E-state index is 0.181. The van der Waals surface area contributed by atoms with Gasteiger partial charge in [0.2, 0.25) is 0 Å². The molecule has 1 fully saturated rings. The summed E-state index contributed by atoms with van der Waals surface area (Å²) in [6.07, 6.45) is -4.51. The third-order valence-electron chi connectivity index (χ3n) is 4.68. The fourth-order valence-electron chi connectivity index (χ4n) is 3.13. The number of nitrogens with zero attached hydrogens (tertiary/aromatic N) is 3. The first-order valence-electron chi connectivity index (χ1n) is 9.11. The molecule has 1 amide bonds. The Balaban J connectivity index is 1.42. The number of pyridine rings is 1. The molecule has 0 unspecified atom stereocenters. The first-order chi connectivity index (χ1) is 13.9. The highest BCUT2D eigenvalue weighted by Crippen LogP contribution is 2.30. The molecule has 0 bridgehead atoms. The molecule has 4 heterocycles. The standard InChI is InChI=1S/C18H19F3N6O2/c19-18(20,21)16-2-1-11-12(24-16)9-13(23-11)14-10-15(26-25-14)17(28)22-3-4-27-5-7-29-8-6-27/h1-2,9-10,23H,3-8H2,(H,22,28)(H,25,26). The maximum atomic E-state index is 12.8. The summed E-state index contributed by atoms with van der Waals surface area (Å²) in [6, 6.07) is 5.27. The van der Waals surface area contributed by atoms with E-state index in [1.807, 2.05) is 0 Å². The molecule has 0 saturated carbocycles. The number of morpholine rings is 1. The van der Waals surface area contributed by atoms with Crippen molar-refractivity contribution in [1.82, 2.24) is 30.4 Å². The number of aromatic nitrogens is 4. The molecule has 1 aliphatic heterocycles. The van der Waals surface area contributed by atoms with Gasteiger partial charge in [0.25, 0.3) is 5.91 Å². The van der Waals surface area contributed by atoms with E-state index >= 15 is 0 Å². The third-order valence-corrected chi connectivity index (χ3v) is 4.68. The number of ether oxygens (including phenoxy) is 1. The summed E-state index contributed by atoms with van der Waals surface area (Å²) in [5.41, 5.74) is 0.853. The minimum Gasteiger partial charge on any atom is -0.379 e. The van der Waals surface area contributed by atoms with E-state index in [0.29, 0.717) is 36.7 Å². The number of hydrogen-bond donors (Lipinski definition) is 3. The fraction of sp³-hybridized carbons (Fsp3) is 0.389. The number of H-pyrrole nitrogens is 2. The number of carbonyl (C=O) groups is 1. The van der Waals surface area contributed by atoms with Gasteiger partial charge in [-0.05, 0) is 24.3 Å². The van der Waals surface area contributed by atoms with Crippen LogP contribution in [0, 0.1) is 0 Å². The number of amides is 1. The number of carbonyl (C=O) groups excluding carboxylic acids is 1. The zero-order valence-corrected chi connectivity index (χ0v) is 15.3. The average Bonchev–Trinajstić information content (AvgIpc) is 3.34. The number of rotatable bonds is 5. The summed E-state index contributed by atoms with van der Waals surface area (Å²) in [6.45, 7) is 4.28. The molecule has 1 aliphatic rings. The first kappa shape index (κ1) is 19.4. The van der Waals surface area contributed by atoms with Crippen molar-refractivity contribution < 1.29 is 22.7 Å². The molecule has 4 rings (SSSR count). The SMILES string of the molecule is O=C(NCCN1CCOCC1)c1cc(-c2cc3nc(C(F)(F)F)ccc3[nH]2)[nH]n1. The Hall–Kier alpha value is -2.92. The molecule has 8 nitrogen and oxygen atoms in total. The molecular formula is C18H19F3N6O2. The van der Waals surface area contributed by atoms with E-state index in [2.05, 4.69) is 30.4 Å². The second-order valence-corrected chi connectivity index (χ2v) is 6.69. The monoisotopic (exact) mass is 408 g/mol. The van der Waals surface area contributed by atoms with Crippen molar-refractivity contribution in [2.24, 2.45) is 0 Å². The quantitative estimate of drug-likeness (QED) is 0.600. The van der Waals surface area contributed by atoms with Gasteiger partial charge in [-0.3, -0.25) is 14.8 Å². The van der Waals surface area contributed by atoms with Gasteiger partial charge in [-0.1, -0.05) is 0 Å². The zero-order valence-electron chi connectivity index (χ0n) is 15.3. The molecule has 29 heavy (non-hydrogen) atoms. The van der Waals surface area contributed by atoms with Gasteiger partial charge in [0, 0.05) is 26.2 Å². The molecule has 3 aromatic rings. The lowest BCUT2D eigenvalue weighted by molar-refractivity contribution is -0.140. The van der Waals surface area contributed by atoms with Crippen molar-refractivity contribution in [3.63, 3.8) is 0 Å². The largest absolute Gasteiger partial charge is 0.433 e. The molecular weight excluding hydrogens is 389 g/mol. The normalized spacial score (nSPS) is 15.7. The number of halogens is 3. The molecule has 11 heteroatoms. The molecule has 0 aromatic carbocycles. The van der Waals surface area contributed by atoms with E-state index in [1.54, 1.807) is 6.07 Å². The Morgan fingerprint density at radius 1 is 1.21 bits per heavy atom. The van der Waals surface area contributed by atoms with Crippen LogP contribution in [0.4, 0.5) is 13.2 Å². The number of hydrogen-bond acceptors (Lipinski definition) is 5. The van der Waals surface area contributed by atoms with E-state index < -0.39 is 11.9 Å². The van der Waals surface area contributed by atoms with Gasteiger partial charge in [0.15, 0.2) is 5.69 Å². The van der Waals surface area contributed by atoms with E-state index in [0.717, 1.165) is 25.7 Å². The van der Waals surface area contributed by atoms with Crippen molar-refractivity contribution in [3.05, 3.63) is 35.7 Å². The minimum atomic E-state index is -4.51. The van der Waals surface area contributed by atoms with Gasteiger partial charge in [-0.15, -0.1) is 0 Å². The van der Waals surface area contributed by atoms with Crippen molar-refractivity contribution in [2.75, 3.05) is 39.4 Å². The van der Waals surface area contributed by atoms with Crippen LogP contribution in [0.15, 0.2) is 24.3 Å². The van der Waals surface area contributed by atoms with Gasteiger partial charge < -0.3 is 15.0 Å². The Labute approximate surface area is 163 Å². The summed E-state index contributed by atoms with van der Waals surface area (Å²) in [7, 11) is 0. The van der Waals surface area contributed by atoms with E-state index in [-0.39, 0.29) is 17.1 Å². The van der Waals surface area contributed by atoms with Crippen LogP contribution in [0.2, 0.25) is 0 Å². The molecule has 154 valence electrons. The van der Waals surface area contributed by atoms with Crippen molar-refractivity contribution in [1.29, 1.82) is 0 Å². The van der Waals surface area contributed by atoms with Crippen LogP contribution in [0.1, 0.15) is 16.2 Å². The van der Waals surface area contributed by atoms with Crippen molar-refractivity contribution in [3.8, 4) is 11.4 Å². The van der Waals surface area contributed by atoms with Crippen LogP contribution in [0.3, 0.4) is 0 Å². The molecule has 0 aliphatic carbocycles. The van der Waals surface area contributed by atoms with Crippen LogP contribution in [0.25, 0.3) is 22.4 Å². The molecule has 1 saturated heterocycles. The summed E-state index contributed by atoms with van der Waals surface area (Å²) in [5, 5.41) is 9.53. The first-order valence-corrected chi connectivity index (χ1v) is 9.11. The maximum Gasteiger partial charge on any atom is 0.433 e. The number of aromatic amines is 2. The van der Waals surface area contributed by atoms with Crippen LogP contribution < -0.4 is 5.32 Å². The van der Waals surface area contributed by atoms with Crippen LogP contribution in [0.5, 0.6) is 0 Å². The summed E-state index contributed by atoms with van der Waals surface area (Å²) < 4.78 is 43.7. The van der Waals surface area contributed by atoms with Gasteiger partial charge >= 0.3 is 6.18 Å². The zero-order chi connectivity index (χ0) is 20.4. The summed E-state index contributed by atoms with van der Waals surface area (Å²) >= 11 is 0. The Kier molecular flexibility index (Phi) is 5.24. The second-order valence-electron chi connectivity index (χ2n) is 6.69. The lowest BCUT2D eigenvalue weighted by Crippen LogP contribution is -2.41. The molecule has 0 radical (unpaired) electrons. The van der Waals surface area contributed by atoms with E-state index in [9.17, 15) is 18.0 Å². The molecule has 3 N–H and O–H groups in total. The lowest BCUT2D eigenvalue weighted by atomic mass is 10.2. The van der Waals surface area contributed by atoms with Crippen LogP contribution >= 0.6 is 0 Å². The Bertz CT molecular complexity index is 1010. The third kappa shape index (κ3) is 4.40. The number of alkyl halides is 3. The smallest absolute Gasteiger partial charge is 0.379 e. The number of fused-ring (bicyclic) bond motifs is 1. The fourth-order valence-corrected chi connectivity index (χ4v) is 3.13. The molecule has 0 atom stereocenters. The maximum absolute atomic E-state index is 12.8. The second kappa shape index (κ2) is 7.84.